The summed E-state index contributed by atoms with van der Waals surface area (Å²) in [5.74, 6) is 0.532. The predicted molar refractivity (Wildman–Crippen MR) is 46.6 cm³/mol. The zero-order chi connectivity index (χ0) is 10.7. The van der Waals surface area contributed by atoms with E-state index in [0.29, 0.717) is 11.7 Å². The standard InChI is InChI=1S/C7H8N6O2/c1-4-10-6(15-12-4)3-8-7(14)5-2-9-13-11-5/h2H,3H2,1H3,(H,8,14)(H,9,11,13). The number of carbonyl (C=O) groups is 1. The SMILES string of the molecule is Cc1noc(CNC(=O)c2cn[nH]n2)n1. The maximum atomic E-state index is 11.4. The van der Waals surface area contributed by atoms with Crippen LogP contribution >= 0.6 is 0 Å². The zero-order valence-corrected chi connectivity index (χ0v) is 7.89. The van der Waals surface area contributed by atoms with E-state index in [2.05, 4.69) is 30.9 Å². The van der Waals surface area contributed by atoms with Gasteiger partial charge in [0.15, 0.2) is 11.5 Å². The number of rotatable bonds is 3. The Morgan fingerprint density at radius 2 is 2.53 bits per heavy atom. The lowest BCUT2D eigenvalue weighted by Crippen LogP contribution is -2.23. The fourth-order valence-electron chi connectivity index (χ4n) is 0.969. The van der Waals surface area contributed by atoms with Crippen LogP contribution in [0.1, 0.15) is 22.2 Å². The molecule has 15 heavy (non-hydrogen) atoms. The maximum absolute atomic E-state index is 11.4. The molecule has 2 heterocycles. The highest BCUT2D eigenvalue weighted by atomic mass is 16.5. The first-order valence-corrected chi connectivity index (χ1v) is 4.19. The minimum Gasteiger partial charge on any atom is -0.342 e. The van der Waals surface area contributed by atoms with Crippen LogP contribution in [0.5, 0.6) is 0 Å². The fourth-order valence-corrected chi connectivity index (χ4v) is 0.969. The molecule has 0 aromatic carbocycles. The largest absolute Gasteiger partial charge is 0.342 e. The van der Waals surface area contributed by atoms with Gasteiger partial charge in [0.1, 0.15) is 0 Å². The highest BCUT2D eigenvalue weighted by molar-refractivity contribution is 5.91. The number of carbonyl (C=O) groups excluding carboxylic acids is 1. The van der Waals surface area contributed by atoms with Crippen LogP contribution in [0.25, 0.3) is 0 Å². The number of amides is 1. The number of nitrogens with zero attached hydrogens (tertiary/aromatic N) is 4. The van der Waals surface area contributed by atoms with Crippen molar-refractivity contribution in [3.05, 3.63) is 23.6 Å². The summed E-state index contributed by atoms with van der Waals surface area (Å²) in [6, 6.07) is 0. The molecule has 0 fully saturated rings. The summed E-state index contributed by atoms with van der Waals surface area (Å²) in [5, 5.41) is 15.6. The molecular weight excluding hydrogens is 200 g/mol. The molecule has 78 valence electrons. The third kappa shape index (κ3) is 2.16. The van der Waals surface area contributed by atoms with Gasteiger partial charge in [-0.25, -0.2) is 0 Å². The molecule has 8 heteroatoms. The van der Waals surface area contributed by atoms with Crippen LogP contribution in [-0.2, 0) is 6.54 Å². The second kappa shape index (κ2) is 3.86. The monoisotopic (exact) mass is 208 g/mol. The molecule has 2 rings (SSSR count). The molecular formula is C7H8N6O2. The molecule has 2 N–H and O–H groups in total. The Labute approximate surface area is 84.1 Å². The van der Waals surface area contributed by atoms with Gasteiger partial charge in [-0.2, -0.15) is 20.4 Å². The summed E-state index contributed by atoms with van der Waals surface area (Å²) in [4.78, 5) is 15.3. The van der Waals surface area contributed by atoms with Crippen molar-refractivity contribution in [1.82, 2.24) is 30.9 Å². The molecule has 0 aliphatic heterocycles. The minimum atomic E-state index is -0.348. The van der Waals surface area contributed by atoms with Gasteiger partial charge in [0, 0.05) is 0 Å². The van der Waals surface area contributed by atoms with Gasteiger partial charge in [-0.05, 0) is 6.92 Å². The van der Waals surface area contributed by atoms with Crippen molar-refractivity contribution in [2.45, 2.75) is 13.5 Å². The molecule has 2 aromatic heterocycles. The first kappa shape index (κ1) is 9.31. The van der Waals surface area contributed by atoms with Crippen LogP contribution in [0.2, 0.25) is 0 Å². The molecule has 0 radical (unpaired) electrons. The Morgan fingerprint density at radius 3 is 3.13 bits per heavy atom. The summed E-state index contributed by atoms with van der Waals surface area (Å²) in [6.45, 7) is 1.87. The summed E-state index contributed by atoms with van der Waals surface area (Å²) >= 11 is 0. The zero-order valence-electron chi connectivity index (χ0n) is 7.89. The van der Waals surface area contributed by atoms with Crippen LogP contribution in [-0.4, -0.2) is 31.5 Å². The Morgan fingerprint density at radius 1 is 1.67 bits per heavy atom. The molecule has 0 spiro atoms. The number of aromatic nitrogens is 5. The van der Waals surface area contributed by atoms with E-state index >= 15 is 0 Å². The smallest absolute Gasteiger partial charge is 0.273 e. The fraction of sp³-hybridized carbons (Fsp3) is 0.286. The molecule has 0 unspecified atom stereocenters. The molecule has 0 bridgehead atoms. The van der Waals surface area contributed by atoms with Crippen LogP contribution in [0, 0.1) is 6.92 Å². The molecule has 0 saturated heterocycles. The van der Waals surface area contributed by atoms with Crippen molar-refractivity contribution in [1.29, 1.82) is 0 Å². The lowest BCUT2D eigenvalue weighted by Gasteiger charge is -1.96. The van der Waals surface area contributed by atoms with E-state index in [1.165, 1.54) is 6.20 Å². The van der Waals surface area contributed by atoms with Gasteiger partial charge in [0.2, 0.25) is 5.89 Å². The van der Waals surface area contributed by atoms with E-state index in [-0.39, 0.29) is 18.1 Å². The lowest BCUT2D eigenvalue weighted by atomic mass is 10.4. The Bertz CT molecular complexity index is 448. The number of hydrogen-bond acceptors (Lipinski definition) is 6. The molecule has 1 amide bonds. The van der Waals surface area contributed by atoms with Crippen molar-refractivity contribution >= 4 is 5.91 Å². The number of nitrogens with one attached hydrogen (secondary N) is 2. The second-order valence-electron chi connectivity index (χ2n) is 2.77. The first-order valence-electron chi connectivity index (χ1n) is 4.19. The predicted octanol–water partition coefficient (Wildman–Crippen LogP) is -0.574. The maximum Gasteiger partial charge on any atom is 0.273 e. The molecule has 0 atom stereocenters. The third-order valence-corrected chi connectivity index (χ3v) is 1.62. The van der Waals surface area contributed by atoms with Gasteiger partial charge in [0.25, 0.3) is 5.91 Å². The van der Waals surface area contributed by atoms with E-state index in [1.807, 2.05) is 0 Å². The summed E-state index contributed by atoms with van der Waals surface area (Å²) < 4.78 is 4.81. The highest BCUT2D eigenvalue weighted by Gasteiger charge is 2.09. The van der Waals surface area contributed by atoms with E-state index in [9.17, 15) is 4.79 Å². The minimum absolute atomic E-state index is 0.173. The van der Waals surface area contributed by atoms with Crippen molar-refractivity contribution in [3.8, 4) is 0 Å². The number of hydrogen-bond donors (Lipinski definition) is 2. The first-order chi connectivity index (χ1) is 7.25. The van der Waals surface area contributed by atoms with Crippen LogP contribution < -0.4 is 5.32 Å². The molecule has 8 nitrogen and oxygen atoms in total. The molecule has 0 saturated carbocycles. The van der Waals surface area contributed by atoms with Crippen molar-refractivity contribution in [3.63, 3.8) is 0 Å². The van der Waals surface area contributed by atoms with Crippen LogP contribution in [0.4, 0.5) is 0 Å². The Kier molecular flexibility index (Phi) is 2.40. The van der Waals surface area contributed by atoms with Gasteiger partial charge in [-0.3, -0.25) is 4.79 Å². The Hall–Kier alpha value is -2.25. The molecule has 2 aromatic rings. The van der Waals surface area contributed by atoms with Crippen LogP contribution in [0.3, 0.4) is 0 Å². The van der Waals surface area contributed by atoms with Crippen molar-refractivity contribution in [2.24, 2.45) is 0 Å². The number of aryl methyl sites for hydroxylation is 1. The third-order valence-electron chi connectivity index (χ3n) is 1.62. The van der Waals surface area contributed by atoms with Gasteiger partial charge in [-0.15, -0.1) is 0 Å². The van der Waals surface area contributed by atoms with Crippen LogP contribution in [0.15, 0.2) is 10.7 Å². The summed E-state index contributed by atoms with van der Waals surface area (Å²) in [6.07, 6.45) is 1.33. The second-order valence-corrected chi connectivity index (χ2v) is 2.77. The molecule has 0 aliphatic rings. The topological polar surface area (TPSA) is 110 Å². The van der Waals surface area contributed by atoms with E-state index in [4.69, 9.17) is 4.52 Å². The molecule has 0 aliphatic carbocycles. The van der Waals surface area contributed by atoms with E-state index in [1.54, 1.807) is 6.92 Å². The van der Waals surface area contributed by atoms with Gasteiger partial charge < -0.3 is 9.84 Å². The quantitative estimate of drug-likeness (QED) is 0.698. The average Bonchev–Trinajstić information content (AvgIpc) is 2.84. The average molecular weight is 208 g/mol. The highest BCUT2D eigenvalue weighted by Crippen LogP contribution is 1.96. The number of aromatic amines is 1. The number of H-pyrrole nitrogens is 1. The summed E-state index contributed by atoms with van der Waals surface area (Å²) in [7, 11) is 0. The normalized spacial score (nSPS) is 10.2. The summed E-state index contributed by atoms with van der Waals surface area (Å²) in [5.41, 5.74) is 0.214. The van der Waals surface area contributed by atoms with Gasteiger partial charge >= 0.3 is 0 Å². The van der Waals surface area contributed by atoms with Crippen molar-refractivity contribution < 1.29 is 9.32 Å². The lowest BCUT2D eigenvalue weighted by molar-refractivity contribution is 0.0941. The van der Waals surface area contributed by atoms with Gasteiger partial charge in [-0.1, -0.05) is 5.16 Å². The van der Waals surface area contributed by atoms with E-state index < -0.39 is 0 Å². The van der Waals surface area contributed by atoms with Gasteiger partial charge in [0.05, 0.1) is 12.7 Å². The Balaban J connectivity index is 1.91. The van der Waals surface area contributed by atoms with E-state index in [0.717, 1.165) is 0 Å². The van der Waals surface area contributed by atoms with Crippen molar-refractivity contribution in [2.75, 3.05) is 0 Å².